The number of rotatable bonds is 17. The van der Waals surface area contributed by atoms with Crippen LogP contribution >= 0.6 is 0 Å². The van der Waals surface area contributed by atoms with Gasteiger partial charge in [-0.25, -0.2) is 0 Å². The Morgan fingerprint density at radius 3 is 1.52 bits per heavy atom. The third-order valence-electron chi connectivity index (χ3n) is 6.62. The van der Waals surface area contributed by atoms with Gasteiger partial charge in [0, 0.05) is 6.54 Å². The number of carbonyl (C=O) groups is 6. The van der Waals surface area contributed by atoms with Crippen LogP contribution in [-0.2, 0) is 35.2 Å². The van der Waals surface area contributed by atoms with Gasteiger partial charge in [0.2, 0.25) is 0 Å². The van der Waals surface area contributed by atoms with Crippen molar-refractivity contribution >= 4 is 41.8 Å². The third-order valence-corrected chi connectivity index (χ3v) is 6.62. The van der Waals surface area contributed by atoms with Crippen molar-refractivity contribution in [2.75, 3.05) is 26.2 Å². The molecule has 0 radical (unpaired) electrons. The van der Waals surface area contributed by atoms with Crippen LogP contribution in [0.4, 0.5) is 0 Å². The van der Waals surface area contributed by atoms with Gasteiger partial charge in [0.25, 0.3) is 0 Å². The van der Waals surface area contributed by atoms with Crippen molar-refractivity contribution in [1.29, 1.82) is 0 Å². The predicted octanol–water partition coefficient (Wildman–Crippen LogP) is -4.04. The zero-order valence-electron chi connectivity index (χ0n) is 31.4. The number of phenolic OH excluding ortho intramolecular Hbond substituents is 1. The van der Waals surface area contributed by atoms with Crippen LogP contribution in [0.1, 0.15) is 57.4 Å². The zero-order valence-corrected chi connectivity index (χ0v) is 31.4. The lowest BCUT2D eigenvalue weighted by molar-refractivity contribution is -0.141. The van der Waals surface area contributed by atoms with Gasteiger partial charge in [0.15, 0.2) is 5.96 Å². The van der Waals surface area contributed by atoms with Crippen LogP contribution in [0.2, 0.25) is 0 Å². The smallest absolute Gasteiger partial charge is 0.323 e. The average molecular weight is 811 g/mol. The monoisotopic (exact) mass is 810 g/mol. The second-order valence-corrected chi connectivity index (χ2v) is 11.6. The molecule has 0 aromatic heterocycles. The number of aliphatic carboxylic acids is 6. The molecule has 1 heterocycles. The Bertz CT molecular complexity index is 1270. The van der Waals surface area contributed by atoms with Crippen LogP contribution < -0.4 is 51.2 Å². The Morgan fingerprint density at radius 2 is 1.23 bits per heavy atom. The summed E-state index contributed by atoms with van der Waals surface area (Å²) in [4.78, 5) is 63.7. The molecule has 1 saturated heterocycles. The Morgan fingerprint density at radius 1 is 0.768 bits per heavy atom. The molecule has 0 amide bonds. The number of aliphatic hydroxyl groups excluding tert-OH is 1. The summed E-state index contributed by atoms with van der Waals surface area (Å²) in [6, 6.07) is 2.46. The van der Waals surface area contributed by atoms with E-state index in [4.69, 9.17) is 81.0 Å². The maximum absolute atomic E-state index is 10.4. The fourth-order valence-electron chi connectivity index (χ4n) is 3.35. The quantitative estimate of drug-likeness (QED) is 0.0404. The van der Waals surface area contributed by atoms with E-state index >= 15 is 0 Å². The van der Waals surface area contributed by atoms with Gasteiger partial charge >= 0.3 is 35.8 Å². The maximum atomic E-state index is 10.4. The summed E-state index contributed by atoms with van der Waals surface area (Å²) in [7, 11) is 0. The highest BCUT2D eigenvalue weighted by Gasteiger charge is 2.20. The van der Waals surface area contributed by atoms with Crippen molar-refractivity contribution in [3.05, 3.63) is 29.8 Å². The van der Waals surface area contributed by atoms with Crippen LogP contribution in [-0.4, -0.2) is 145 Å². The van der Waals surface area contributed by atoms with E-state index in [1.165, 1.54) is 19.1 Å². The number of nitrogens with one attached hydrogen (secondary N) is 1. The van der Waals surface area contributed by atoms with Gasteiger partial charge in [-0.3, -0.25) is 33.8 Å². The first-order chi connectivity index (χ1) is 25.9. The van der Waals surface area contributed by atoms with Crippen LogP contribution in [0.15, 0.2) is 29.3 Å². The van der Waals surface area contributed by atoms with Crippen molar-refractivity contribution in [2.24, 2.45) is 50.9 Å². The van der Waals surface area contributed by atoms with Gasteiger partial charge in [-0.1, -0.05) is 18.6 Å². The highest BCUT2D eigenvalue weighted by atomic mass is 16.4. The van der Waals surface area contributed by atoms with Crippen molar-refractivity contribution in [1.82, 2.24) is 5.32 Å². The molecule has 6 atom stereocenters. The summed E-state index contributed by atoms with van der Waals surface area (Å²) in [6.07, 6.45) is 4.20. The molecule has 0 bridgehead atoms. The van der Waals surface area contributed by atoms with Gasteiger partial charge in [0.05, 0.1) is 12.6 Å². The van der Waals surface area contributed by atoms with E-state index in [9.17, 15) is 28.8 Å². The molecule has 1 aliphatic rings. The molecule has 1 aromatic carbocycles. The van der Waals surface area contributed by atoms with Crippen molar-refractivity contribution in [3.63, 3.8) is 0 Å². The highest BCUT2D eigenvalue weighted by Crippen LogP contribution is 2.10. The summed E-state index contributed by atoms with van der Waals surface area (Å²) >= 11 is 0. The van der Waals surface area contributed by atoms with Gasteiger partial charge in [-0.15, -0.1) is 0 Å². The van der Waals surface area contributed by atoms with Gasteiger partial charge < -0.3 is 92.0 Å². The van der Waals surface area contributed by atoms with Crippen molar-refractivity contribution in [3.8, 4) is 5.75 Å². The molecule has 5 unspecified atom stereocenters. The SMILES string of the molecule is CC(O)C(N)C(=O)O.NC(Cc1ccc(O)cc1)C(=O)O.NC(N)=NCCCC(N)C(=O)O.NCC(=O)O.NCCCCC(N)C(=O)O.O=C(O)[C@@H]1CCCN1. The topological polar surface area (TPSA) is 497 Å². The van der Waals surface area contributed by atoms with Crippen molar-refractivity contribution < 1.29 is 69.6 Å². The number of aliphatic hydroxyl groups is 1. The van der Waals surface area contributed by atoms with E-state index in [1.54, 1.807) is 12.1 Å². The fraction of sp³-hybridized carbons (Fsp3) is 0.594. The molecule has 2 rings (SSSR count). The number of unbranched alkanes of at least 4 members (excludes halogenated alkanes) is 1. The molecular weight excluding hydrogens is 748 g/mol. The first-order valence-corrected chi connectivity index (χ1v) is 17.0. The Balaban J connectivity index is -0.000000296. The maximum Gasteiger partial charge on any atom is 0.323 e. The number of carboxylic acids is 6. The molecule has 1 fully saturated rings. The molecular formula is C32H62N10O14. The lowest BCUT2D eigenvalue weighted by Gasteiger charge is -2.06. The van der Waals surface area contributed by atoms with E-state index in [0.717, 1.165) is 37.8 Å². The van der Waals surface area contributed by atoms with E-state index in [0.29, 0.717) is 32.4 Å². The summed E-state index contributed by atoms with van der Waals surface area (Å²) in [5, 5.41) is 69.5. The molecule has 1 aliphatic heterocycles. The minimum Gasteiger partial charge on any atom is -0.508 e. The normalized spacial score (nSPS) is 15.0. The zero-order chi connectivity index (χ0) is 44.4. The third kappa shape index (κ3) is 38.5. The molecule has 24 nitrogen and oxygen atoms in total. The molecule has 0 spiro atoms. The fourth-order valence-corrected chi connectivity index (χ4v) is 3.35. The number of aromatic hydroxyl groups is 1. The molecule has 0 saturated carbocycles. The number of hydrogen-bond acceptors (Lipinski definition) is 16. The van der Waals surface area contributed by atoms with Gasteiger partial charge in [-0.05, 0) is 82.7 Å². The average Bonchev–Trinajstić information content (AvgIpc) is 3.68. The van der Waals surface area contributed by atoms with Gasteiger partial charge in [0.1, 0.15) is 36.0 Å². The molecule has 56 heavy (non-hydrogen) atoms. The molecule has 324 valence electrons. The predicted molar refractivity (Wildman–Crippen MR) is 204 cm³/mol. The molecule has 0 aliphatic carbocycles. The minimum atomic E-state index is -1.18. The first-order valence-electron chi connectivity index (χ1n) is 17.0. The summed E-state index contributed by atoms with van der Waals surface area (Å²) in [5.41, 5.74) is 41.3. The van der Waals surface area contributed by atoms with Crippen LogP contribution in [0.25, 0.3) is 0 Å². The number of nitrogens with zero attached hydrogens (tertiary/aromatic N) is 1. The van der Waals surface area contributed by atoms with E-state index in [1.807, 2.05) is 0 Å². The van der Waals surface area contributed by atoms with E-state index in [2.05, 4.69) is 16.0 Å². The first kappa shape index (κ1) is 57.5. The summed E-state index contributed by atoms with van der Waals surface area (Å²) < 4.78 is 0. The Labute approximate surface area is 323 Å². The summed E-state index contributed by atoms with van der Waals surface area (Å²) in [5.74, 6) is -5.65. The highest BCUT2D eigenvalue weighted by molar-refractivity contribution is 5.76. The lowest BCUT2D eigenvalue weighted by atomic mass is 10.1. The Kier molecular flexibility index (Phi) is 36.4. The number of aliphatic imine (C=N–C) groups is 1. The second kappa shape index (κ2) is 35.5. The lowest BCUT2D eigenvalue weighted by Crippen LogP contribution is -2.39. The van der Waals surface area contributed by atoms with Crippen LogP contribution in [0, 0.1) is 0 Å². The van der Waals surface area contributed by atoms with Crippen molar-refractivity contribution in [2.45, 2.75) is 94.6 Å². The number of phenols is 1. The Hall–Kier alpha value is -5.21. The summed E-state index contributed by atoms with van der Waals surface area (Å²) in [6.45, 7) is 2.94. The van der Waals surface area contributed by atoms with E-state index < -0.39 is 66.1 Å². The second-order valence-electron chi connectivity index (χ2n) is 11.6. The standard InChI is InChI=1S/C9H11NO3.C6H14N4O2.C6H14N2O2.C5H9NO2.C4H9NO3.C2H5NO2/c10-8(9(12)13)5-6-1-3-7(11)4-2-6;7-4(5(11)12)2-1-3-10-6(8)9;7-4-2-1-3-5(8)6(9)10;7-5(8)4-2-1-3-6-4;1-2(6)3(5)4(7)8;3-1-2(4)5/h1-4,8,11H,5,10H2,(H,12,13);4H,1-3,7H2,(H,11,12)(H4,8,9,10);5H,1-4,7-8H2,(H,9,10);4,6H,1-3H2,(H,7,8);2-3,6H,5H2,1H3,(H,7,8);1,3H2,(H,4,5)/t;;;4-;;/m...0../s1. The minimum absolute atomic E-state index is 0.0129. The molecule has 25 N–H and O–H groups in total. The van der Waals surface area contributed by atoms with Crippen LogP contribution in [0.3, 0.4) is 0 Å². The van der Waals surface area contributed by atoms with E-state index in [-0.39, 0.29) is 30.7 Å². The molecule has 1 aromatic rings. The largest absolute Gasteiger partial charge is 0.508 e. The number of guanidine groups is 1. The number of carboxylic acid groups (broad SMARTS) is 6. The number of benzene rings is 1. The van der Waals surface area contributed by atoms with Crippen LogP contribution in [0.5, 0.6) is 5.75 Å². The van der Waals surface area contributed by atoms with Gasteiger partial charge in [-0.2, -0.15) is 0 Å². The number of nitrogens with two attached hydrogens (primary N) is 8. The number of hydrogen-bond donors (Lipinski definition) is 17. The molecule has 24 heteroatoms.